The Morgan fingerprint density at radius 1 is 0.135 bits per heavy atom. The van der Waals surface area contributed by atoms with Crippen LogP contribution in [-0.2, 0) is 0 Å². The lowest BCUT2D eigenvalue weighted by molar-refractivity contribution is 1.07. The predicted octanol–water partition coefficient (Wildman–Crippen LogP) is 27.6. The zero-order chi connectivity index (χ0) is 83.6. The Bertz CT molecular complexity index is 7230. The summed E-state index contributed by atoms with van der Waals surface area (Å²) in [6.45, 7) is 0. The van der Waals surface area contributed by atoms with Gasteiger partial charge in [0.05, 0.1) is 73.5 Å². The van der Waals surface area contributed by atoms with Gasteiger partial charge in [-0.15, -0.1) is 0 Å². The lowest BCUT2D eigenvalue weighted by Crippen LogP contribution is -2.00. The molecule has 0 spiro atoms. The van der Waals surface area contributed by atoms with Crippen LogP contribution in [0.5, 0.6) is 0 Å². The molecule has 13 heteroatoms. The van der Waals surface area contributed by atoms with Crippen LogP contribution >= 0.6 is 0 Å². The third-order valence-corrected chi connectivity index (χ3v) is 23.0. The summed E-state index contributed by atoms with van der Waals surface area (Å²) >= 11 is 0. The molecular weight excluding hydrogens is 1540 g/mol. The second-order valence-electron chi connectivity index (χ2n) is 30.8. The fourth-order valence-electron chi connectivity index (χ4n) is 16.9. The van der Waals surface area contributed by atoms with Crippen LogP contribution in [0.1, 0.15) is 0 Å². The number of hydrogen-bond acceptors (Lipinski definition) is 13. The van der Waals surface area contributed by atoms with Crippen molar-refractivity contribution in [1.82, 2.24) is 64.8 Å². The molecule has 0 aliphatic carbocycles. The smallest absolute Gasteiger partial charge is 0.165 e. The summed E-state index contributed by atoms with van der Waals surface area (Å²) in [6, 6.07) is 141. The molecule has 9 heterocycles. The van der Waals surface area contributed by atoms with E-state index in [1.807, 2.05) is 225 Å². The van der Waals surface area contributed by atoms with Crippen molar-refractivity contribution < 1.29 is 0 Å². The average molecular weight is 1610 g/mol. The lowest BCUT2D eigenvalue weighted by atomic mass is 9.96. The molecule has 15 aromatic carbocycles. The number of fused-ring (bicyclic) bond motifs is 15. The monoisotopic (exact) mass is 1610 g/mol. The normalized spacial score (nSPS) is 11.3. The number of rotatable bonds is 12. The van der Waals surface area contributed by atoms with E-state index in [0.717, 1.165) is 156 Å². The van der Waals surface area contributed by atoms with Crippen LogP contribution < -0.4 is 0 Å². The predicted molar refractivity (Wildman–Crippen MR) is 513 cm³/mol. The highest BCUT2D eigenvalue weighted by atomic mass is 15.0. The van der Waals surface area contributed by atoms with Crippen LogP contribution in [0.25, 0.3) is 233 Å². The van der Waals surface area contributed by atoms with Crippen LogP contribution in [0, 0.1) is 0 Å². The summed E-state index contributed by atoms with van der Waals surface area (Å²) in [6.07, 6.45) is 5.58. The van der Waals surface area contributed by atoms with Gasteiger partial charge < -0.3 is 0 Å². The SMILES string of the molecule is c1ccc(-c2cc(-c3ccc(-c4nc5ccccc5c5c4ccc4ccccc45)nc3)nc(-c3ccccc3)n2)cc1.c1ccc(-c2cc(-c3ccccc3)nc(-c3ccc(-c4nc5ccccc5c5c4ccc4ccccc45)nc3)n2)cc1.c1ccc(-c2nc(-c3ccccc3)nc(-c3ccc(-c4nc5ccccc5c5c4ccc4ccccc45)nc3)n2)cc1. The van der Waals surface area contributed by atoms with Crippen molar-refractivity contribution in [2.24, 2.45) is 0 Å². The molecule has 126 heavy (non-hydrogen) atoms. The van der Waals surface area contributed by atoms with Crippen molar-refractivity contribution in [2.75, 3.05) is 0 Å². The summed E-state index contributed by atoms with van der Waals surface area (Å²) in [5, 5.41) is 17.5. The molecular formula is C113H71N13. The Hall–Kier alpha value is -17.3. The van der Waals surface area contributed by atoms with Gasteiger partial charge >= 0.3 is 0 Å². The van der Waals surface area contributed by atoms with Gasteiger partial charge in [-0.25, -0.2) is 49.8 Å². The first-order chi connectivity index (χ1) is 62.4. The zero-order valence-electron chi connectivity index (χ0n) is 67.8. The maximum absolute atomic E-state index is 5.10. The fourth-order valence-corrected chi connectivity index (χ4v) is 16.9. The van der Waals surface area contributed by atoms with E-state index in [4.69, 9.17) is 64.8 Å². The van der Waals surface area contributed by atoms with Gasteiger partial charge in [0, 0.05) is 117 Å². The summed E-state index contributed by atoms with van der Waals surface area (Å²) in [5.74, 6) is 3.14. The highest BCUT2D eigenvalue weighted by Gasteiger charge is 2.22. The fraction of sp³-hybridized carbons (Fsp3) is 0. The molecule has 0 aliphatic rings. The molecule has 9 aromatic heterocycles. The first kappa shape index (κ1) is 75.0. The first-order valence-electron chi connectivity index (χ1n) is 41.8. The minimum Gasteiger partial charge on any atom is -0.254 e. The van der Waals surface area contributed by atoms with Crippen molar-refractivity contribution in [3.05, 3.63) is 431 Å². The number of aromatic nitrogens is 13. The number of benzene rings is 15. The molecule has 0 saturated carbocycles. The van der Waals surface area contributed by atoms with Gasteiger partial charge in [-0.1, -0.05) is 346 Å². The Labute approximate surface area is 724 Å². The zero-order valence-corrected chi connectivity index (χ0v) is 67.8. The van der Waals surface area contributed by atoms with Crippen molar-refractivity contribution in [3.63, 3.8) is 0 Å². The van der Waals surface area contributed by atoms with E-state index in [9.17, 15) is 0 Å². The molecule has 0 saturated heterocycles. The Morgan fingerprint density at radius 3 is 0.675 bits per heavy atom. The second-order valence-corrected chi connectivity index (χ2v) is 30.8. The maximum atomic E-state index is 5.10. The van der Waals surface area contributed by atoms with E-state index < -0.39 is 0 Å². The number of nitrogens with zero attached hydrogens (tertiary/aromatic N) is 13. The van der Waals surface area contributed by atoms with Crippen LogP contribution in [0.4, 0.5) is 0 Å². The van der Waals surface area contributed by atoms with Crippen LogP contribution in [0.15, 0.2) is 431 Å². The number of pyridine rings is 6. The van der Waals surface area contributed by atoms with Crippen LogP contribution in [0.2, 0.25) is 0 Å². The minimum absolute atomic E-state index is 0.573. The molecule has 24 rings (SSSR count). The molecule has 13 nitrogen and oxygen atoms in total. The molecule has 24 aromatic rings. The van der Waals surface area contributed by atoms with Gasteiger partial charge in [0.2, 0.25) is 0 Å². The molecule has 0 fully saturated rings. The molecule has 0 unspecified atom stereocenters. The Morgan fingerprint density at radius 2 is 0.373 bits per heavy atom. The quantitative estimate of drug-likeness (QED) is 0.106. The molecule has 0 N–H and O–H groups in total. The summed E-state index contributed by atoms with van der Waals surface area (Å²) in [4.78, 5) is 64.3. The van der Waals surface area contributed by atoms with E-state index >= 15 is 0 Å². The van der Waals surface area contributed by atoms with Gasteiger partial charge in [-0.3, -0.25) is 15.0 Å². The van der Waals surface area contributed by atoms with Crippen molar-refractivity contribution in [3.8, 4) is 136 Å². The lowest BCUT2D eigenvalue weighted by Gasteiger charge is -2.13. The third kappa shape index (κ3) is 14.6. The van der Waals surface area contributed by atoms with Gasteiger partial charge in [0.15, 0.2) is 29.1 Å². The molecule has 0 aliphatic heterocycles. The van der Waals surface area contributed by atoms with E-state index in [2.05, 4.69) is 206 Å². The van der Waals surface area contributed by atoms with Gasteiger partial charge in [0.25, 0.3) is 0 Å². The highest BCUT2D eigenvalue weighted by Crippen LogP contribution is 2.42. The largest absolute Gasteiger partial charge is 0.254 e. The van der Waals surface area contributed by atoms with E-state index in [1.54, 1.807) is 0 Å². The van der Waals surface area contributed by atoms with Crippen molar-refractivity contribution in [1.29, 1.82) is 0 Å². The number of para-hydroxylation sites is 3. The van der Waals surface area contributed by atoms with E-state index in [0.29, 0.717) is 29.1 Å². The minimum atomic E-state index is 0.573. The van der Waals surface area contributed by atoms with Crippen molar-refractivity contribution >= 4 is 97.3 Å². The molecule has 0 bridgehead atoms. The van der Waals surface area contributed by atoms with Crippen molar-refractivity contribution in [2.45, 2.75) is 0 Å². The first-order valence-corrected chi connectivity index (χ1v) is 41.8. The molecule has 588 valence electrons. The Balaban J connectivity index is 0.000000112. The van der Waals surface area contributed by atoms with E-state index in [1.165, 1.54) is 48.5 Å². The number of hydrogen-bond donors (Lipinski definition) is 0. The van der Waals surface area contributed by atoms with Crippen LogP contribution in [0.3, 0.4) is 0 Å². The summed E-state index contributed by atoms with van der Waals surface area (Å²) in [5.41, 5.74) is 19.9. The third-order valence-electron chi connectivity index (χ3n) is 23.0. The maximum Gasteiger partial charge on any atom is 0.165 e. The Kier molecular flexibility index (Phi) is 19.6. The highest BCUT2D eigenvalue weighted by molar-refractivity contribution is 6.25. The van der Waals surface area contributed by atoms with Gasteiger partial charge in [-0.2, -0.15) is 0 Å². The molecule has 0 atom stereocenters. The van der Waals surface area contributed by atoms with Crippen LogP contribution in [-0.4, -0.2) is 64.8 Å². The van der Waals surface area contributed by atoms with Gasteiger partial charge in [-0.05, 0) is 99.0 Å². The average Bonchev–Trinajstić information content (AvgIpc) is 0.747. The topological polar surface area (TPSA) is 168 Å². The molecule has 0 radical (unpaired) electrons. The molecule has 0 amide bonds. The summed E-state index contributed by atoms with van der Waals surface area (Å²) < 4.78 is 0. The van der Waals surface area contributed by atoms with E-state index in [-0.39, 0.29) is 0 Å². The summed E-state index contributed by atoms with van der Waals surface area (Å²) in [7, 11) is 0. The van der Waals surface area contributed by atoms with Gasteiger partial charge in [0.1, 0.15) is 0 Å². The second kappa shape index (κ2) is 33.0. The standard InChI is InChI=1S/2C38H24N4.C37H23N5/c1-3-12-26(13-4-1)34-23-35(42-38(41-34)27-14-5-2-6-15-27)28-20-22-33(39-24-28)37-31-21-19-25-11-7-8-16-29(25)36(31)30-17-9-10-18-32(30)40-37;1-3-12-26(13-4-1)34-23-35(27-14-5-2-6-15-27)42-38(41-34)28-20-22-33(39-24-28)37-31-21-19-25-11-7-8-16-29(25)36(31)30-17-9-10-18-32(30)40-37;1-3-12-25(13-4-1)35-40-36(26-14-5-2-6-15-26)42-37(41-35)27-20-22-32(38-23-27)34-30-21-19-24-11-7-8-16-28(24)33(30)29-17-9-10-18-31(29)39-34/h2*1-24H;1-23H.